The van der Waals surface area contributed by atoms with Crippen molar-refractivity contribution in [3.05, 3.63) is 48.5 Å². The van der Waals surface area contributed by atoms with Crippen LogP contribution in [0.25, 0.3) is 21.8 Å². The molecule has 0 spiro atoms. The molecule has 3 aromatic rings. The number of piperazine rings is 1. The minimum Gasteiger partial charge on any atom is -0.390 e. The summed E-state index contributed by atoms with van der Waals surface area (Å²) in [4.78, 5) is 16.2. The molecule has 29 heavy (non-hydrogen) atoms. The number of para-hydroxylation sites is 2. The fourth-order valence-corrected chi connectivity index (χ4v) is 4.35. The van der Waals surface area contributed by atoms with Crippen LogP contribution >= 0.6 is 0 Å². The van der Waals surface area contributed by atoms with E-state index in [2.05, 4.69) is 68.2 Å². The zero-order chi connectivity index (χ0) is 20.2. The summed E-state index contributed by atoms with van der Waals surface area (Å²) in [5.74, 6) is 0.0901. The van der Waals surface area contributed by atoms with E-state index >= 15 is 0 Å². The second-order valence-electron chi connectivity index (χ2n) is 7.83. The molecule has 6 heteroatoms. The summed E-state index contributed by atoms with van der Waals surface area (Å²) in [5.41, 5.74) is 2.33. The number of aliphatic hydroxyl groups is 1. The molecule has 6 nitrogen and oxygen atoms in total. The SMILES string of the molecule is CCNC(=O)CN1CCN(CC(O)Cn2c3ccccc3c3ccccc32)CC1. The number of nitrogens with one attached hydrogen (secondary N) is 1. The van der Waals surface area contributed by atoms with Crippen molar-refractivity contribution in [2.24, 2.45) is 0 Å². The van der Waals surface area contributed by atoms with Crippen LogP contribution < -0.4 is 5.32 Å². The lowest BCUT2D eigenvalue weighted by atomic mass is 10.2. The lowest BCUT2D eigenvalue weighted by molar-refractivity contribution is -0.122. The first kappa shape index (κ1) is 19.9. The first-order valence-electron chi connectivity index (χ1n) is 10.5. The number of nitrogens with zero attached hydrogens (tertiary/aromatic N) is 3. The molecule has 1 fully saturated rings. The van der Waals surface area contributed by atoms with E-state index < -0.39 is 6.10 Å². The van der Waals surface area contributed by atoms with Crippen molar-refractivity contribution < 1.29 is 9.90 Å². The highest BCUT2D eigenvalue weighted by Crippen LogP contribution is 2.28. The molecular weight excluding hydrogens is 364 g/mol. The molecule has 0 aliphatic carbocycles. The van der Waals surface area contributed by atoms with Gasteiger partial charge in [-0.1, -0.05) is 36.4 Å². The Balaban J connectivity index is 1.38. The molecule has 0 bridgehead atoms. The lowest BCUT2D eigenvalue weighted by Crippen LogP contribution is -2.51. The number of rotatable bonds is 7. The molecule has 154 valence electrons. The molecule has 1 aromatic heterocycles. The number of hydrogen-bond donors (Lipinski definition) is 2. The van der Waals surface area contributed by atoms with Gasteiger partial charge in [0.1, 0.15) is 0 Å². The van der Waals surface area contributed by atoms with Crippen LogP contribution in [0.1, 0.15) is 6.92 Å². The van der Waals surface area contributed by atoms with Crippen LogP contribution in [0.15, 0.2) is 48.5 Å². The van der Waals surface area contributed by atoms with E-state index in [1.807, 2.05) is 6.92 Å². The van der Waals surface area contributed by atoms with Gasteiger partial charge in [-0.15, -0.1) is 0 Å². The normalized spacial score (nSPS) is 17.0. The minimum absolute atomic E-state index is 0.0901. The molecule has 1 saturated heterocycles. The van der Waals surface area contributed by atoms with Gasteiger partial charge in [0.25, 0.3) is 0 Å². The summed E-state index contributed by atoms with van der Waals surface area (Å²) in [6.07, 6.45) is -0.441. The molecule has 4 rings (SSSR count). The number of fused-ring (bicyclic) bond motifs is 3. The first-order valence-corrected chi connectivity index (χ1v) is 10.5. The topological polar surface area (TPSA) is 60.7 Å². The largest absolute Gasteiger partial charge is 0.390 e. The Bertz CT molecular complexity index is 922. The molecule has 1 atom stereocenters. The summed E-state index contributed by atoms with van der Waals surface area (Å²) in [7, 11) is 0. The van der Waals surface area contributed by atoms with E-state index in [-0.39, 0.29) is 5.91 Å². The van der Waals surface area contributed by atoms with Crippen molar-refractivity contribution in [3.8, 4) is 0 Å². The average molecular weight is 395 g/mol. The Labute approximate surface area is 171 Å². The lowest BCUT2D eigenvalue weighted by Gasteiger charge is -2.35. The Morgan fingerprint density at radius 1 is 0.931 bits per heavy atom. The van der Waals surface area contributed by atoms with Crippen LogP contribution in [0, 0.1) is 0 Å². The van der Waals surface area contributed by atoms with Gasteiger partial charge in [-0.3, -0.25) is 14.6 Å². The van der Waals surface area contributed by atoms with E-state index in [4.69, 9.17) is 0 Å². The molecule has 0 radical (unpaired) electrons. The van der Waals surface area contributed by atoms with Crippen LogP contribution in [0.2, 0.25) is 0 Å². The van der Waals surface area contributed by atoms with Crippen LogP contribution in [0.5, 0.6) is 0 Å². The Hall–Kier alpha value is -2.41. The Morgan fingerprint density at radius 2 is 1.48 bits per heavy atom. The number of aliphatic hydroxyl groups excluding tert-OH is 1. The van der Waals surface area contributed by atoms with Gasteiger partial charge in [0, 0.05) is 61.1 Å². The number of carbonyl (C=O) groups is 1. The van der Waals surface area contributed by atoms with Crippen LogP contribution in [-0.2, 0) is 11.3 Å². The van der Waals surface area contributed by atoms with Crippen LogP contribution in [0.3, 0.4) is 0 Å². The maximum absolute atomic E-state index is 11.8. The molecule has 1 aliphatic heterocycles. The summed E-state index contributed by atoms with van der Waals surface area (Å²) >= 11 is 0. The zero-order valence-electron chi connectivity index (χ0n) is 17.1. The van der Waals surface area contributed by atoms with Gasteiger partial charge >= 0.3 is 0 Å². The van der Waals surface area contributed by atoms with E-state index in [1.54, 1.807) is 0 Å². The van der Waals surface area contributed by atoms with Crippen molar-refractivity contribution in [2.45, 2.75) is 19.6 Å². The summed E-state index contributed by atoms with van der Waals surface area (Å²) < 4.78 is 2.24. The third-order valence-electron chi connectivity index (χ3n) is 5.75. The fraction of sp³-hybridized carbons (Fsp3) is 0.435. The third-order valence-corrected chi connectivity index (χ3v) is 5.75. The maximum Gasteiger partial charge on any atom is 0.234 e. The molecule has 2 heterocycles. The second kappa shape index (κ2) is 8.95. The van der Waals surface area contributed by atoms with E-state index in [0.29, 0.717) is 26.2 Å². The molecular formula is C23H30N4O2. The minimum atomic E-state index is -0.441. The molecule has 1 unspecified atom stereocenters. The standard InChI is InChI=1S/C23H30N4O2/c1-2-24-23(29)17-26-13-11-25(12-14-26)15-18(28)16-27-21-9-5-3-7-19(21)20-8-4-6-10-22(20)27/h3-10,18,28H,2,11-17H2,1H3,(H,24,29). The molecule has 2 aromatic carbocycles. The van der Waals surface area contributed by atoms with E-state index in [9.17, 15) is 9.90 Å². The number of β-amino-alcohol motifs (C(OH)–C–C–N with tert-alkyl or cyclic N) is 1. The van der Waals surface area contributed by atoms with Crippen molar-refractivity contribution in [2.75, 3.05) is 45.8 Å². The second-order valence-corrected chi connectivity index (χ2v) is 7.83. The van der Waals surface area contributed by atoms with Gasteiger partial charge in [-0.2, -0.15) is 0 Å². The van der Waals surface area contributed by atoms with Gasteiger partial charge in [0.05, 0.1) is 19.2 Å². The van der Waals surface area contributed by atoms with E-state index in [0.717, 1.165) is 26.2 Å². The van der Waals surface area contributed by atoms with E-state index in [1.165, 1.54) is 21.8 Å². The molecule has 0 saturated carbocycles. The van der Waals surface area contributed by atoms with Crippen molar-refractivity contribution in [1.29, 1.82) is 0 Å². The molecule has 1 amide bonds. The highest BCUT2D eigenvalue weighted by molar-refractivity contribution is 6.07. The monoisotopic (exact) mass is 394 g/mol. The number of benzene rings is 2. The summed E-state index contributed by atoms with van der Waals surface area (Å²) in [6, 6.07) is 16.8. The van der Waals surface area contributed by atoms with Gasteiger partial charge in [0.15, 0.2) is 0 Å². The average Bonchev–Trinajstić information content (AvgIpc) is 3.04. The number of amides is 1. The molecule has 2 N–H and O–H groups in total. The Morgan fingerprint density at radius 3 is 2.07 bits per heavy atom. The van der Waals surface area contributed by atoms with Crippen molar-refractivity contribution >= 4 is 27.7 Å². The number of hydrogen-bond acceptors (Lipinski definition) is 4. The van der Waals surface area contributed by atoms with Gasteiger partial charge in [-0.25, -0.2) is 0 Å². The number of likely N-dealkylation sites (N-methyl/N-ethyl adjacent to an activating group) is 1. The highest BCUT2D eigenvalue weighted by Gasteiger charge is 2.21. The maximum atomic E-state index is 11.8. The van der Waals surface area contributed by atoms with Crippen molar-refractivity contribution in [1.82, 2.24) is 19.7 Å². The number of carbonyl (C=O) groups excluding carboxylic acids is 1. The smallest absolute Gasteiger partial charge is 0.234 e. The zero-order valence-corrected chi connectivity index (χ0v) is 17.1. The van der Waals surface area contributed by atoms with Crippen LogP contribution in [-0.4, -0.2) is 77.3 Å². The predicted octanol–water partition coefficient (Wildman–Crippen LogP) is 1.91. The predicted molar refractivity (Wildman–Crippen MR) is 117 cm³/mol. The first-order chi connectivity index (χ1) is 14.2. The summed E-state index contributed by atoms with van der Waals surface area (Å²) in [5, 5.41) is 16.1. The Kier molecular flexibility index (Phi) is 6.13. The molecule has 1 aliphatic rings. The van der Waals surface area contributed by atoms with Gasteiger partial charge < -0.3 is 15.0 Å². The quantitative estimate of drug-likeness (QED) is 0.643. The third kappa shape index (κ3) is 4.45. The highest BCUT2D eigenvalue weighted by atomic mass is 16.3. The van der Waals surface area contributed by atoms with Gasteiger partial charge in [0.2, 0.25) is 5.91 Å². The van der Waals surface area contributed by atoms with Crippen LogP contribution in [0.4, 0.5) is 0 Å². The van der Waals surface area contributed by atoms with Crippen molar-refractivity contribution in [3.63, 3.8) is 0 Å². The van der Waals surface area contributed by atoms with Gasteiger partial charge in [-0.05, 0) is 19.1 Å². The number of aromatic nitrogens is 1. The fourth-order valence-electron chi connectivity index (χ4n) is 4.35. The summed E-state index contributed by atoms with van der Waals surface area (Å²) in [6.45, 7) is 7.78.